The van der Waals surface area contributed by atoms with Crippen LogP contribution >= 0.6 is 0 Å². The van der Waals surface area contributed by atoms with Crippen molar-refractivity contribution < 1.29 is 18.6 Å². The molecule has 4 nitrogen and oxygen atoms in total. The third-order valence-corrected chi connectivity index (χ3v) is 10.5. The van der Waals surface area contributed by atoms with E-state index in [0.717, 1.165) is 39.3 Å². The summed E-state index contributed by atoms with van der Waals surface area (Å²) >= 11 is 0. The molecule has 43 heavy (non-hydrogen) atoms. The molecule has 0 saturated carbocycles. The second-order valence-electron chi connectivity index (χ2n) is 13.5. The molecule has 0 bridgehead atoms. The number of hydrogen-bond donors (Lipinski definition) is 0. The Morgan fingerprint density at radius 1 is 0.581 bits per heavy atom. The third kappa shape index (κ3) is 7.29. The Bertz CT molecular complexity index is 1050. The highest BCUT2D eigenvalue weighted by molar-refractivity contribution is 6.62. The summed E-state index contributed by atoms with van der Waals surface area (Å²) in [5, 5.41) is 0. The molecular weight excluding hydrogens is 530 g/mol. The molecule has 2 fully saturated rings. The molecule has 234 valence electrons. The van der Waals surface area contributed by atoms with Gasteiger partial charge in [0.1, 0.15) is 0 Å². The molecule has 0 aromatic heterocycles. The van der Waals surface area contributed by atoms with E-state index in [-0.39, 0.29) is 19.7 Å². The molecule has 2 saturated heterocycles. The van der Waals surface area contributed by atoms with Crippen LogP contribution in [0.3, 0.4) is 0 Å². The van der Waals surface area contributed by atoms with E-state index in [4.69, 9.17) is 18.6 Å². The van der Waals surface area contributed by atoms with Gasteiger partial charge in [0, 0.05) is 31.8 Å². The minimum atomic E-state index is -0.270. The van der Waals surface area contributed by atoms with Crippen molar-refractivity contribution in [1.82, 2.24) is 0 Å². The zero-order valence-corrected chi connectivity index (χ0v) is 27.6. The molecule has 2 atom stereocenters. The predicted octanol–water partition coefficient (Wildman–Crippen LogP) is 8.21. The van der Waals surface area contributed by atoms with E-state index in [1.807, 2.05) is 0 Å². The maximum absolute atomic E-state index is 6.14. The fraction of sp³-hybridized carbons (Fsp3) is 0.676. The summed E-state index contributed by atoms with van der Waals surface area (Å²) in [4.78, 5) is 0. The van der Waals surface area contributed by atoms with Gasteiger partial charge < -0.3 is 18.6 Å². The van der Waals surface area contributed by atoms with E-state index < -0.39 is 0 Å². The van der Waals surface area contributed by atoms with Gasteiger partial charge >= 0.3 is 14.2 Å². The Kier molecular flexibility index (Phi) is 12.3. The Balaban J connectivity index is 1.57. The lowest BCUT2D eigenvalue weighted by molar-refractivity contribution is 0.143. The van der Waals surface area contributed by atoms with Gasteiger partial charge in [0.2, 0.25) is 0 Å². The molecular formula is C37H56B2O4. The van der Waals surface area contributed by atoms with Crippen molar-refractivity contribution in [2.45, 2.75) is 123 Å². The highest BCUT2D eigenvalue weighted by Crippen LogP contribution is 2.58. The largest absolute Gasteiger partial charge is 0.493 e. The predicted molar refractivity (Wildman–Crippen MR) is 182 cm³/mol. The standard InChI is InChI=1S/C37H56B2O4/c1-5-7-9-11-13-17-29(3)37(30(4)18-14-12-10-8-6-2)35-27-31(38-40-23-15-24-41-38)19-21-33(35)34-22-20-32(28-36(34)37)39-42-25-16-26-43-39/h19-22,27-30H,5-18,23-26H2,1-4H3. The Morgan fingerprint density at radius 3 is 1.37 bits per heavy atom. The van der Waals surface area contributed by atoms with Gasteiger partial charge in [-0.1, -0.05) is 128 Å². The molecule has 2 aromatic carbocycles. The van der Waals surface area contributed by atoms with Crippen LogP contribution in [0, 0.1) is 11.8 Å². The lowest BCUT2D eigenvalue weighted by Gasteiger charge is -2.44. The van der Waals surface area contributed by atoms with Crippen LogP contribution in [0.2, 0.25) is 0 Å². The first-order chi connectivity index (χ1) is 21.1. The molecule has 3 aliphatic rings. The zero-order valence-electron chi connectivity index (χ0n) is 27.6. The normalized spacial score (nSPS) is 19.3. The fourth-order valence-corrected chi connectivity index (χ4v) is 8.19. The lowest BCUT2D eigenvalue weighted by atomic mass is 9.58. The van der Waals surface area contributed by atoms with E-state index in [9.17, 15) is 0 Å². The van der Waals surface area contributed by atoms with Crippen LogP contribution in [0.15, 0.2) is 36.4 Å². The average Bonchev–Trinajstić information content (AvgIpc) is 3.35. The van der Waals surface area contributed by atoms with Gasteiger partial charge in [-0.3, -0.25) is 0 Å². The number of benzene rings is 2. The van der Waals surface area contributed by atoms with Gasteiger partial charge in [0.25, 0.3) is 0 Å². The van der Waals surface area contributed by atoms with Gasteiger partial charge in [0.05, 0.1) is 0 Å². The van der Waals surface area contributed by atoms with E-state index in [2.05, 4.69) is 64.1 Å². The highest BCUT2D eigenvalue weighted by Gasteiger charge is 2.51. The lowest BCUT2D eigenvalue weighted by Crippen LogP contribution is -2.45. The van der Waals surface area contributed by atoms with Gasteiger partial charge in [-0.15, -0.1) is 0 Å². The molecule has 0 amide bonds. The Labute approximate surface area is 263 Å². The van der Waals surface area contributed by atoms with Crippen LogP contribution in [0.5, 0.6) is 0 Å². The van der Waals surface area contributed by atoms with Gasteiger partial charge in [0.15, 0.2) is 0 Å². The van der Waals surface area contributed by atoms with E-state index in [1.54, 1.807) is 0 Å². The van der Waals surface area contributed by atoms with Crippen molar-refractivity contribution in [2.75, 3.05) is 26.4 Å². The number of hydrogen-bond acceptors (Lipinski definition) is 4. The first-order valence-electron chi connectivity index (χ1n) is 17.9. The number of rotatable bonds is 16. The molecule has 0 radical (unpaired) electrons. The monoisotopic (exact) mass is 586 g/mol. The molecule has 6 heteroatoms. The molecule has 0 spiro atoms. The molecule has 2 heterocycles. The quantitative estimate of drug-likeness (QED) is 0.147. The minimum absolute atomic E-state index is 0.0739. The molecule has 5 rings (SSSR count). The molecule has 2 aromatic rings. The first-order valence-corrected chi connectivity index (χ1v) is 17.9. The van der Waals surface area contributed by atoms with Crippen LogP contribution in [-0.2, 0) is 24.0 Å². The number of unbranched alkanes of at least 4 members (excludes halogenated alkanes) is 8. The zero-order chi connectivity index (χ0) is 30.1. The van der Waals surface area contributed by atoms with E-state index >= 15 is 0 Å². The summed E-state index contributed by atoms with van der Waals surface area (Å²) in [5.74, 6) is 1.01. The van der Waals surface area contributed by atoms with Gasteiger partial charge in [-0.2, -0.15) is 0 Å². The summed E-state index contributed by atoms with van der Waals surface area (Å²) in [6, 6.07) is 14.2. The van der Waals surface area contributed by atoms with Crippen LogP contribution < -0.4 is 10.9 Å². The first kappa shape index (κ1) is 32.8. The second-order valence-corrected chi connectivity index (χ2v) is 13.5. The van der Waals surface area contributed by atoms with Crippen molar-refractivity contribution >= 4 is 25.2 Å². The van der Waals surface area contributed by atoms with Gasteiger partial charge in [-0.05, 0) is 70.7 Å². The van der Waals surface area contributed by atoms with Crippen molar-refractivity contribution in [2.24, 2.45) is 11.8 Å². The van der Waals surface area contributed by atoms with Crippen LogP contribution in [0.1, 0.15) is 129 Å². The van der Waals surface area contributed by atoms with Crippen molar-refractivity contribution in [3.63, 3.8) is 0 Å². The third-order valence-electron chi connectivity index (χ3n) is 10.5. The van der Waals surface area contributed by atoms with Crippen molar-refractivity contribution in [3.8, 4) is 11.1 Å². The van der Waals surface area contributed by atoms with Crippen molar-refractivity contribution in [1.29, 1.82) is 0 Å². The Hall–Kier alpha value is -1.59. The molecule has 1 aliphatic carbocycles. The van der Waals surface area contributed by atoms with E-state index in [0.29, 0.717) is 11.8 Å². The second kappa shape index (κ2) is 16.1. The van der Waals surface area contributed by atoms with E-state index in [1.165, 1.54) is 110 Å². The van der Waals surface area contributed by atoms with Crippen LogP contribution in [0.25, 0.3) is 11.1 Å². The molecule has 0 N–H and O–H groups in total. The van der Waals surface area contributed by atoms with Crippen LogP contribution in [0.4, 0.5) is 0 Å². The minimum Gasteiger partial charge on any atom is -0.407 e. The summed E-state index contributed by atoms with van der Waals surface area (Å²) in [6.07, 6.45) is 17.6. The molecule has 2 unspecified atom stereocenters. The summed E-state index contributed by atoms with van der Waals surface area (Å²) < 4.78 is 24.6. The summed E-state index contributed by atoms with van der Waals surface area (Å²) in [5.41, 5.74) is 8.02. The van der Waals surface area contributed by atoms with Crippen LogP contribution in [-0.4, -0.2) is 40.7 Å². The van der Waals surface area contributed by atoms with Gasteiger partial charge in [-0.25, -0.2) is 0 Å². The fourth-order valence-electron chi connectivity index (χ4n) is 8.19. The SMILES string of the molecule is CCCCCCCC(C)C1(C(C)CCCCCCC)c2cc(B3OCCCO3)ccc2-c2ccc(B3OCCCO3)cc21. The highest BCUT2D eigenvalue weighted by atomic mass is 16.6. The smallest absolute Gasteiger partial charge is 0.407 e. The number of fused-ring (bicyclic) bond motifs is 3. The Morgan fingerprint density at radius 2 is 0.977 bits per heavy atom. The maximum Gasteiger partial charge on any atom is 0.493 e. The maximum atomic E-state index is 6.14. The summed E-state index contributed by atoms with van der Waals surface area (Å²) in [6.45, 7) is 12.8. The van der Waals surface area contributed by atoms with Crippen molar-refractivity contribution in [3.05, 3.63) is 47.5 Å². The molecule has 2 aliphatic heterocycles. The topological polar surface area (TPSA) is 36.9 Å². The average molecular weight is 586 g/mol. The summed E-state index contributed by atoms with van der Waals surface area (Å²) in [7, 11) is -0.539.